The highest BCUT2D eigenvalue weighted by Crippen LogP contribution is 2.19. The Morgan fingerprint density at radius 1 is 1.39 bits per heavy atom. The summed E-state index contributed by atoms with van der Waals surface area (Å²) in [6, 6.07) is 3.92. The highest BCUT2D eigenvalue weighted by molar-refractivity contribution is 6.30. The summed E-state index contributed by atoms with van der Waals surface area (Å²) in [5, 5.41) is -0.0193. The molecule has 3 nitrogen and oxygen atoms in total. The molecule has 0 spiro atoms. The minimum absolute atomic E-state index is 0.0193. The Morgan fingerprint density at radius 3 is 2.61 bits per heavy atom. The van der Waals surface area contributed by atoms with Crippen molar-refractivity contribution in [1.29, 1.82) is 0 Å². The zero-order chi connectivity index (χ0) is 13.7. The molecule has 0 bridgehead atoms. The Morgan fingerprint density at radius 2 is 2.06 bits per heavy atom. The third-order valence-electron chi connectivity index (χ3n) is 2.52. The van der Waals surface area contributed by atoms with E-state index in [0.717, 1.165) is 6.07 Å². The number of ether oxygens (including phenoxy) is 1. The lowest BCUT2D eigenvalue weighted by Crippen LogP contribution is -2.12. The molecule has 0 radical (unpaired) electrons. The van der Waals surface area contributed by atoms with Gasteiger partial charge in [0, 0.05) is 18.4 Å². The number of carbonyl (C=O) groups excluding carboxylic acids is 2. The Labute approximate surface area is 110 Å². The SMILES string of the molecule is COC(=O)C[C@H](C)CC(=O)c1ccc(Cl)c(F)c1. The van der Waals surface area contributed by atoms with E-state index in [4.69, 9.17) is 11.6 Å². The van der Waals surface area contributed by atoms with Crippen molar-refractivity contribution in [2.75, 3.05) is 7.11 Å². The van der Waals surface area contributed by atoms with Crippen molar-refractivity contribution in [1.82, 2.24) is 0 Å². The average molecular weight is 273 g/mol. The van der Waals surface area contributed by atoms with Gasteiger partial charge in [0.2, 0.25) is 0 Å². The third-order valence-corrected chi connectivity index (χ3v) is 2.82. The maximum Gasteiger partial charge on any atom is 0.305 e. The van der Waals surface area contributed by atoms with Crippen LogP contribution in [0, 0.1) is 11.7 Å². The van der Waals surface area contributed by atoms with Crippen molar-refractivity contribution in [2.45, 2.75) is 19.8 Å². The molecule has 0 aliphatic rings. The molecule has 1 atom stereocenters. The van der Waals surface area contributed by atoms with Crippen LogP contribution in [0.2, 0.25) is 5.02 Å². The van der Waals surface area contributed by atoms with E-state index in [9.17, 15) is 14.0 Å². The fraction of sp³-hybridized carbons (Fsp3) is 0.385. The molecule has 1 aromatic rings. The smallest absolute Gasteiger partial charge is 0.305 e. The normalized spacial score (nSPS) is 12.0. The summed E-state index contributed by atoms with van der Waals surface area (Å²) in [7, 11) is 1.30. The van der Waals surface area contributed by atoms with Gasteiger partial charge in [0.05, 0.1) is 12.1 Å². The molecule has 1 rings (SSSR count). The highest BCUT2D eigenvalue weighted by Gasteiger charge is 2.16. The number of ketones is 1. The number of esters is 1. The van der Waals surface area contributed by atoms with Gasteiger partial charge in [0.1, 0.15) is 5.82 Å². The molecule has 5 heteroatoms. The van der Waals surface area contributed by atoms with Crippen molar-refractivity contribution >= 4 is 23.4 Å². The minimum atomic E-state index is -0.622. The Hall–Kier alpha value is -1.42. The van der Waals surface area contributed by atoms with Crippen LogP contribution in [-0.4, -0.2) is 18.9 Å². The highest BCUT2D eigenvalue weighted by atomic mass is 35.5. The number of carbonyl (C=O) groups is 2. The monoisotopic (exact) mass is 272 g/mol. The van der Waals surface area contributed by atoms with E-state index in [1.54, 1.807) is 6.92 Å². The van der Waals surface area contributed by atoms with E-state index in [-0.39, 0.29) is 41.1 Å². The van der Waals surface area contributed by atoms with Gasteiger partial charge >= 0.3 is 5.97 Å². The first kappa shape index (κ1) is 14.6. The van der Waals surface area contributed by atoms with Gasteiger partial charge in [-0.25, -0.2) is 4.39 Å². The second kappa shape index (κ2) is 6.50. The van der Waals surface area contributed by atoms with E-state index in [2.05, 4.69) is 4.74 Å². The maximum atomic E-state index is 13.2. The lowest BCUT2D eigenvalue weighted by atomic mass is 9.97. The summed E-state index contributed by atoms with van der Waals surface area (Å²) in [4.78, 5) is 22.9. The number of Topliss-reactive ketones (excluding diaryl/α,β-unsaturated/α-hetero) is 1. The van der Waals surface area contributed by atoms with E-state index in [1.807, 2.05) is 0 Å². The van der Waals surface area contributed by atoms with Crippen LogP contribution in [0.25, 0.3) is 0 Å². The molecule has 18 heavy (non-hydrogen) atoms. The van der Waals surface area contributed by atoms with Gasteiger partial charge in [-0.3, -0.25) is 9.59 Å². The fourth-order valence-corrected chi connectivity index (χ4v) is 1.66. The number of halogens is 2. The van der Waals surface area contributed by atoms with Crippen LogP contribution in [-0.2, 0) is 9.53 Å². The summed E-state index contributed by atoms with van der Waals surface area (Å²) in [5.41, 5.74) is 0.258. The van der Waals surface area contributed by atoms with E-state index in [0.29, 0.717) is 0 Å². The zero-order valence-electron chi connectivity index (χ0n) is 10.2. The van der Waals surface area contributed by atoms with Gasteiger partial charge in [-0.1, -0.05) is 18.5 Å². The number of hydrogen-bond donors (Lipinski definition) is 0. The molecule has 0 fully saturated rings. The second-order valence-corrected chi connectivity index (χ2v) is 4.55. The van der Waals surface area contributed by atoms with Gasteiger partial charge in [0.15, 0.2) is 5.78 Å². The van der Waals surface area contributed by atoms with Gasteiger partial charge in [-0.2, -0.15) is 0 Å². The first-order chi connectivity index (χ1) is 8.43. The van der Waals surface area contributed by atoms with Crippen LogP contribution < -0.4 is 0 Å². The predicted octanol–water partition coefficient (Wildman–Crippen LogP) is 3.25. The topological polar surface area (TPSA) is 43.4 Å². The standard InChI is InChI=1S/C13H14ClFO3/c1-8(6-13(17)18-2)5-12(16)9-3-4-10(14)11(15)7-9/h3-4,7-8H,5-6H2,1-2H3/t8-/m1/s1. The van der Waals surface area contributed by atoms with Crippen LogP contribution in [0.3, 0.4) is 0 Å². The molecular formula is C13H14ClFO3. The molecule has 0 amide bonds. The van der Waals surface area contributed by atoms with E-state index >= 15 is 0 Å². The Bertz CT molecular complexity index is 460. The van der Waals surface area contributed by atoms with Crippen LogP contribution in [0.4, 0.5) is 4.39 Å². The molecule has 0 saturated carbocycles. The van der Waals surface area contributed by atoms with Crippen molar-refractivity contribution in [2.24, 2.45) is 5.92 Å². The summed E-state index contributed by atoms with van der Waals surface area (Å²) >= 11 is 5.53. The van der Waals surface area contributed by atoms with Gasteiger partial charge in [0.25, 0.3) is 0 Å². The van der Waals surface area contributed by atoms with Gasteiger partial charge in [-0.05, 0) is 24.1 Å². The minimum Gasteiger partial charge on any atom is -0.469 e. The summed E-state index contributed by atoms with van der Waals surface area (Å²) in [6.45, 7) is 1.76. The molecule has 0 heterocycles. The zero-order valence-corrected chi connectivity index (χ0v) is 11.0. The Kier molecular flexibility index (Phi) is 5.28. The van der Waals surface area contributed by atoms with Crippen LogP contribution in [0.1, 0.15) is 30.1 Å². The molecule has 0 aromatic heterocycles. The average Bonchev–Trinajstić information content (AvgIpc) is 2.32. The molecule has 0 saturated heterocycles. The second-order valence-electron chi connectivity index (χ2n) is 4.14. The number of hydrogen-bond acceptors (Lipinski definition) is 3. The van der Waals surface area contributed by atoms with Crippen molar-refractivity contribution in [3.05, 3.63) is 34.6 Å². The molecule has 0 aliphatic heterocycles. The quantitative estimate of drug-likeness (QED) is 0.610. The number of rotatable bonds is 5. The molecule has 1 aromatic carbocycles. The number of benzene rings is 1. The first-order valence-electron chi connectivity index (χ1n) is 5.49. The largest absolute Gasteiger partial charge is 0.469 e. The molecule has 0 aliphatic carbocycles. The van der Waals surface area contributed by atoms with E-state index < -0.39 is 5.82 Å². The van der Waals surface area contributed by atoms with Crippen LogP contribution >= 0.6 is 11.6 Å². The Balaban J connectivity index is 2.64. The van der Waals surface area contributed by atoms with Gasteiger partial charge < -0.3 is 4.74 Å². The maximum absolute atomic E-state index is 13.2. The molecule has 98 valence electrons. The lowest BCUT2D eigenvalue weighted by molar-refractivity contribution is -0.141. The van der Waals surface area contributed by atoms with Crippen LogP contribution in [0.5, 0.6) is 0 Å². The third kappa shape index (κ3) is 4.11. The van der Waals surface area contributed by atoms with E-state index in [1.165, 1.54) is 19.2 Å². The molecule has 0 N–H and O–H groups in total. The summed E-state index contributed by atoms with van der Waals surface area (Å²) in [5.74, 6) is -1.36. The first-order valence-corrected chi connectivity index (χ1v) is 5.87. The summed E-state index contributed by atoms with van der Waals surface area (Å²) < 4.78 is 17.7. The van der Waals surface area contributed by atoms with Crippen LogP contribution in [0.15, 0.2) is 18.2 Å². The van der Waals surface area contributed by atoms with Crippen molar-refractivity contribution in [3.63, 3.8) is 0 Å². The van der Waals surface area contributed by atoms with Crippen molar-refractivity contribution < 1.29 is 18.7 Å². The van der Waals surface area contributed by atoms with Gasteiger partial charge in [-0.15, -0.1) is 0 Å². The molecular weight excluding hydrogens is 259 g/mol. The van der Waals surface area contributed by atoms with Crippen molar-refractivity contribution in [3.8, 4) is 0 Å². The fourth-order valence-electron chi connectivity index (χ4n) is 1.54. The summed E-state index contributed by atoms with van der Waals surface area (Å²) in [6.07, 6.45) is 0.328. The number of methoxy groups -OCH3 is 1. The molecule has 0 unspecified atom stereocenters. The predicted molar refractivity (Wildman–Crippen MR) is 66.2 cm³/mol. The lowest BCUT2D eigenvalue weighted by Gasteiger charge is -2.09.